The topological polar surface area (TPSA) is 77.9 Å². The Hall–Kier alpha value is -1.59. The van der Waals surface area contributed by atoms with Gasteiger partial charge in [-0.3, -0.25) is 9.59 Å². The first-order chi connectivity index (χ1) is 10.1. The first kappa shape index (κ1) is 14.4. The molecule has 3 fully saturated rings. The molecule has 3 rings (SSSR count). The number of hydrogen-bond acceptors (Lipinski definition) is 3. The lowest BCUT2D eigenvalue weighted by molar-refractivity contribution is -0.155. The molecule has 2 unspecified atom stereocenters. The SMILES string of the molecule is O=C(O)C1CCCCN1C(=O)C1CCCN1C(=O)C1CC1. The van der Waals surface area contributed by atoms with E-state index in [0.717, 1.165) is 32.1 Å². The molecule has 116 valence electrons. The van der Waals surface area contributed by atoms with Gasteiger partial charge in [0, 0.05) is 19.0 Å². The summed E-state index contributed by atoms with van der Waals surface area (Å²) in [6, 6.07) is -1.15. The molecule has 0 aromatic carbocycles. The summed E-state index contributed by atoms with van der Waals surface area (Å²) >= 11 is 0. The summed E-state index contributed by atoms with van der Waals surface area (Å²) in [7, 11) is 0. The highest BCUT2D eigenvalue weighted by atomic mass is 16.4. The van der Waals surface area contributed by atoms with Crippen LogP contribution in [0.3, 0.4) is 0 Å². The van der Waals surface area contributed by atoms with Crippen molar-refractivity contribution in [2.24, 2.45) is 5.92 Å². The summed E-state index contributed by atoms with van der Waals surface area (Å²) in [4.78, 5) is 39.5. The number of carbonyl (C=O) groups excluding carboxylic acids is 2. The largest absolute Gasteiger partial charge is 0.480 e. The first-order valence-electron chi connectivity index (χ1n) is 7.93. The van der Waals surface area contributed by atoms with Gasteiger partial charge in [-0.1, -0.05) is 0 Å². The molecule has 2 aliphatic heterocycles. The second-order valence-electron chi connectivity index (χ2n) is 6.35. The van der Waals surface area contributed by atoms with Gasteiger partial charge >= 0.3 is 5.97 Å². The van der Waals surface area contributed by atoms with E-state index in [9.17, 15) is 19.5 Å². The number of carboxylic acid groups (broad SMARTS) is 1. The lowest BCUT2D eigenvalue weighted by atomic mass is 10.0. The van der Waals surface area contributed by atoms with Crippen molar-refractivity contribution < 1.29 is 19.5 Å². The number of likely N-dealkylation sites (tertiary alicyclic amines) is 2. The molecule has 0 spiro atoms. The monoisotopic (exact) mass is 294 g/mol. The number of carbonyl (C=O) groups is 3. The van der Waals surface area contributed by atoms with Crippen molar-refractivity contribution in [3.8, 4) is 0 Å². The van der Waals surface area contributed by atoms with Crippen LogP contribution in [0.4, 0.5) is 0 Å². The van der Waals surface area contributed by atoms with Crippen LogP contribution in [0.1, 0.15) is 44.9 Å². The Bertz CT molecular complexity index is 461. The molecule has 2 saturated heterocycles. The Morgan fingerprint density at radius 3 is 2.05 bits per heavy atom. The highest BCUT2D eigenvalue weighted by Crippen LogP contribution is 2.34. The molecule has 0 bridgehead atoms. The summed E-state index contributed by atoms with van der Waals surface area (Å²) in [5.74, 6) is -0.889. The molecule has 0 radical (unpaired) electrons. The molecule has 21 heavy (non-hydrogen) atoms. The zero-order chi connectivity index (χ0) is 15.0. The standard InChI is InChI=1S/C15H22N2O4/c18-13(10-6-7-10)16-9-3-5-11(16)14(19)17-8-2-1-4-12(17)15(20)21/h10-12H,1-9H2,(H,20,21). The van der Waals surface area contributed by atoms with Gasteiger partial charge in [0.25, 0.3) is 0 Å². The Balaban J connectivity index is 1.73. The molecular formula is C15H22N2O4. The van der Waals surface area contributed by atoms with Crippen LogP contribution >= 0.6 is 0 Å². The highest BCUT2D eigenvalue weighted by Gasteiger charge is 2.44. The van der Waals surface area contributed by atoms with E-state index in [0.29, 0.717) is 25.9 Å². The smallest absolute Gasteiger partial charge is 0.326 e. The maximum Gasteiger partial charge on any atom is 0.326 e. The summed E-state index contributed by atoms with van der Waals surface area (Å²) < 4.78 is 0. The normalized spacial score (nSPS) is 29.5. The van der Waals surface area contributed by atoms with E-state index in [1.54, 1.807) is 4.90 Å². The molecule has 2 atom stereocenters. The van der Waals surface area contributed by atoms with Crippen molar-refractivity contribution in [1.82, 2.24) is 9.80 Å². The van der Waals surface area contributed by atoms with E-state index < -0.39 is 18.1 Å². The van der Waals surface area contributed by atoms with Crippen LogP contribution in [0.2, 0.25) is 0 Å². The zero-order valence-electron chi connectivity index (χ0n) is 12.2. The van der Waals surface area contributed by atoms with Crippen LogP contribution in [0.15, 0.2) is 0 Å². The molecule has 2 heterocycles. The molecule has 3 aliphatic rings. The van der Waals surface area contributed by atoms with E-state index in [1.165, 1.54) is 4.90 Å². The predicted octanol–water partition coefficient (Wildman–Crippen LogP) is 0.853. The molecule has 2 amide bonds. The van der Waals surface area contributed by atoms with Crippen molar-refractivity contribution in [3.63, 3.8) is 0 Å². The van der Waals surface area contributed by atoms with Crippen molar-refractivity contribution >= 4 is 17.8 Å². The molecule has 1 aliphatic carbocycles. The second-order valence-corrected chi connectivity index (χ2v) is 6.35. The Morgan fingerprint density at radius 2 is 1.38 bits per heavy atom. The number of amides is 2. The zero-order valence-corrected chi connectivity index (χ0v) is 12.2. The van der Waals surface area contributed by atoms with E-state index >= 15 is 0 Å². The third-order valence-electron chi connectivity index (χ3n) is 4.82. The maximum atomic E-state index is 12.7. The van der Waals surface area contributed by atoms with Crippen LogP contribution in [-0.4, -0.2) is 57.9 Å². The fourth-order valence-electron chi connectivity index (χ4n) is 3.50. The maximum absolute atomic E-state index is 12.7. The minimum Gasteiger partial charge on any atom is -0.480 e. The van der Waals surface area contributed by atoms with Gasteiger partial charge in [0.1, 0.15) is 12.1 Å². The third kappa shape index (κ3) is 2.76. The number of nitrogens with zero attached hydrogens (tertiary/aromatic N) is 2. The number of piperidine rings is 1. The fraction of sp³-hybridized carbons (Fsp3) is 0.800. The van der Waals surface area contributed by atoms with E-state index in [-0.39, 0.29) is 17.7 Å². The molecule has 6 heteroatoms. The van der Waals surface area contributed by atoms with Gasteiger partial charge in [-0.2, -0.15) is 0 Å². The lowest BCUT2D eigenvalue weighted by Gasteiger charge is -2.36. The quantitative estimate of drug-likeness (QED) is 0.837. The first-order valence-corrected chi connectivity index (χ1v) is 7.93. The van der Waals surface area contributed by atoms with E-state index in [4.69, 9.17) is 0 Å². The number of aliphatic carboxylic acids is 1. The van der Waals surface area contributed by atoms with Gasteiger partial charge in [-0.15, -0.1) is 0 Å². The average molecular weight is 294 g/mol. The Labute approximate surface area is 124 Å². The van der Waals surface area contributed by atoms with Crippen LogP contribution in [-0.2, 0) is 14.4 Å². The van der Waals surface area contributed by atoms with Gasteiger partial charge in [-0.05, 0) is 44.9 Å². The van der Waals surface area contributed by atoms with Crippen LogP contribution < -0.4 is 0 Å². The predicted molar refractivity (Wildman–Crippen MR) is 74.4 cm³/mol. The summed E-state index contributed by atoms with van der Waals surface area (Å²) in [6.45, 7) is 1.13. The van der Waals surface area contributed by atoms with Crippen molar-refractivity contribution in [3.05, 3.63) is 0 Å². The minimum absolute atomic E-state index is 0.0923. The van der Waals surface area contributed by atoms with Gasteiger partial charge in [0.15, 0.2) is 0 Å². The second kappa shape index (κ2) is 5.66. The van der Waals surface area contributed by atoms with Gasteiger partial charge in [-0.25, -0.2) is 4.79 Å². The number of hydrogen-bond donors (Lipinski definition) is 1. The lowest BCUT2D eigenvalue weighted by Crippen LogP contribution is -2.55. The van der Waals surface area contributed by atoms with Gasteiger partial charge in [0.2, 0.25) is 11.8 Å². The molecule has 6 nitrogen and oxygen atoms in total. The number of rotatable bonds is 3. The average Bonchev–Trinajstić information content (AvgIpc) is 3.22. The van der Waals surface area contributed by atoms with Crippen LogP contribution in [0, 0.1) is 5.92 Å². The fourth-order valence-corrected chi connectivity index (χ4v) is 3.50. The summed E-state index contributed by atoms with van der Waals surface area (Å²) in [5.41, 5.74) is 0. The van der Waals surface area contributed by atoms with E-state index in [2.05, 4.69) is 0 Å². The highest BCUT2D eigenvalue weighted by molar-refractivity contribution is 5.92. The number of carboxylic acids is 1. The Morgan fingerprint density at radius 1 is 0.762 bits per heavy atom. The van der Waals surface area contributed by atoms with Crippen molar-refractivity contribution in [2.75, 3.05) is 13.1 Å². The molecule has 1 saturated carbocycles. The van der Waals surface area contributed by atoms with Gasteiger partial charge < -0.3 is 14.9 Å². The molecule has 0 aromatic rings. The summed E-state index contributed by atoms with van der Waals surface area (Å²) in [6.07, 6.45) is 5.56. The van der Waals surface area contributed by atoms with Gasteiger partial charge in [0.05, 0.1) is 0 Å². The van der Waals surface area contributed by atoms with Crippen LogP contribution in [0.25, 0.3) is 0 Å². The minimum atomic E-state index is -0.930. The van der Waals surface area contributed by atoms with Crippen LogP contribution in [0.5, 0.6) is 0 Å². The van der Waals surface area contributed by atoms with Crippen molar-refractivity contribution in [1.29, 1.82) is 0 Å². The Kier molecular flexibility index (Phi) is 3.87. The molecular weight excluding hydrogens is 272 g/mol. The molecule has 1 N–H and O–H groups in total. The van der Waals surface area contributed by atoms with Crippen molar-refractivity contribution in [2.45, 2.75) is 57.0 Å². The molecule has 0 aromatic heterocycles. The van der Waals surface area contributed by atoms with E-state index in [1.807, 2.05) is 0 Å². The summed E-state index contributed by atoms with van der Waals surface area (Å²) in [5, 5.41) is 9.30. The third-order valence-corrected chi connectivity index (χ3v) is 4.82.